The Morgan fingerprint density at radius 3 is 2.68 bits per heavy atom. The van der Waals surface area contributed by atoms with E-state index < -0.39 is 10.0 Å². The maximum atomic E-state index is 12.2. The van der Waals surface area contributed by atoms with Gasteiger partial charge in [0.25, 0.3) is 10.0 Å². The van der Waals surface area contributed by atoms with Crippen LogP contribution in [0, 0.1) is 0 Å². The van der Waals surface area contributed by atoms with Crippen molar-refractivity contribution in [2.24, 2.45) is 0 Å². The number of benzene rings is 2. The van der Waals surface area contributed by atoms with Crippen molar-refractivity contribution < 1.29 is 13.5 Å². The molecule has 0 saturated carbocycles. The highest BCUT2D eigenvalue weighted by atomic mass is 35.5. The lowest BCUT2D eigenvalue weighted by atomic mass is 10.0. The minimum Gasteiger partial charge on any atom is -0.392 e. The molecule has 1 aliphatic rings. The highest BCUT2D eigenvalue weighted by Gasteiger charge is 2.26. The van der Waals surface area contributed by atoms with Crippen LogP contribution in [0.5, 0.6) is 0 Å². The van der Waals surface area contributed by atoms with Gasteiger partial charge in [0.1, 0.15) is 4.90 Å². The van der Waals surface area contributed by atoms with E-state index in [-0.39, 0.29) is 16.5 Å². The third kappa shape index (κ3) is 1.90. The van der Waals surface area contributed by atoms with Gasteiger partial charge < -0.3 is 5.11 Å². The summed E-state index contributed by atoms with van der Waals surface area (Å²) >= 11 is 6.18. The number of rotatable bonds is 1. The number of halogens is 1. The predicted octanol–water partition coefficient (Wildman–Crippen LogP) is 2.61. The molecule has 1 aliphatic heterocycles. The fourth-order valence-corrected chi connectivity index (χ4v) is 3.84. The van der Waals surface area contributed by atoms with Crippen molar-refractivity contribution in [3.05, 3.63) is 47.0 Å². The normalized spacial score (nSPS) is 15.3. The second kappa shape index (κ2) is 4.23. The number of aliphatic hydroxyl groups is 1. The number of sulfonamides is 1. The van der Waals surface area contributed by atoms with Crippen LogP contribution in [-0.2, 0) is 16.6 Å². The van der Waals surface area contributed by atoms with E-state index in [4.69, 9.17) is 11.6 Å². The molecule has 0 aromatic heterocycles. The first-order valence-corrected chi connectivity index (χ1v) is 7.44. The van der Waals surface area contributed by atoms with Crippen molar-refractivity contribution in [2.45, 2.75) is 11.5 Å². The summed E-state index contributed by atoms with van der Waals surface area (Å²) in [5, 5.41) is 9.38. The van der Waals surface area contributed by atoms with Gasteiger partial charge in [-0.05, 0) is 23.8 Å². The first-order chi connectivity index (χ1) is 9.03. The van der Waals surface area contributed by atoms with Crippen molar-refractivity contribution in [2.75, 3.05) is 4.72 Å². The van der Waals surface area contributed by atoms with Gasteiger partial charge in [0.05, 0.1) is 17.3 Å². The minimum atomic E-state index is -3.67. The highest BCUT2D eigenvalue weighted by Crippen LogP contribution is 2.41. The fourth-order valence-electron chi connectivity index (χ4n) is 2.13. The summed E-state index contributed by atoms with van der Waals surface area (Å²) < 4.78 is 26.8. The van der Waals surface area contributed by atoms with Gasteiger partial charge >= 0.3 is 0 Å². The molecule has 2 aromatic carbocycles. The van der Waals surface area contributed by atoms with Crippen LogP contribution in [0.2, 0.25) is 5.02 Å². The average Bonchev–Trinajstić information content (AvgIpc) is 2.43. The molecule has 6 heteroatoms. The Kier molecular flexibility index (Phi) is 2.78. The molecule has 2 N–H and O–H groups in total. The third-order valence-corrected chi connectivity index (χ3v) is 4.98. The zero-order chi connectivity index (χ0) is 13.6. The molecule has 2 aromatic rings. The van der Waals surface area contributed by atoms with Crippen molar-refractivity contribution >= 4 is 27.3 Å². The monoisotopic (exact) mass is 295 g/mol. The van der Waals surface area contributed by atoms with E-state index in [1.54, 1.807) is 30.3 Å². The van der Waals surface area contributed by atoms with Gasteiger partial charge in [-0.1, -0.05) is 29.8 Å². The van der Waals surface area contributed by atoms with Crippen LogP contribution in [0.4, 0.5) is 5.69 Å². The third-order valence-electron chi connectivity index (χ3n) is 3.05. The summed E-state index contributed by atoms with van der Waals surface area (Å²) in [6.07, 6.45) is 0. The predicted molar refractivity (Wildman–Crippen MR) is 73.6 cm³/mol. The Morgan fingerprint density at radius 2 is 1.95 bits per heavy atom. The average molecular weight is 296 g/mol. The molecule has 98 valence electrons. The van der Waals surface area contributed by atoms with Crippen LogP contribution in [0.3, 0.4) is 0 Å². The summed E-state index contributed by atoms with van der Waals surface area (Å²) in [5.41, 5.74) is 2.46. The number of fused-ring (bicyclic) bond motifs is 4. The number of aliphatic hydroxyl groups excluding tert-OH is 1. The molecule has 0 radical (unpaired) electrons. The summed E-state index contributed by atoms with van der Waals surface area (Å²) in [7, 11) is -3.67. The largest absolute Gasteiger partial charge is 0.392 e. The van der Waals surface area contributed by atoms with Gasteiger partial charge in [-0.15, -0.1) is 0 Å². The van der Waals surface area contributed by atoms with E-state index in [0.29, 0.717) is 22.4 Å². The lowest BCUT2D eigenvalue weighted by Gasteiger charge is -2.09. The molecule has 0 aliphatic carbocycles. The maximum absolute atomic E-state index is 12.2. The maximum Gasteiger partial charge on any atom is 0.263 e. The summed E-state index contributed by atoms with van der Waals surface area (Å²) in [6, 6.07) is 9.90. The quantitative estimate of drug-likeness (QED) is 0.850. The Labute approximate surface area is 115 Å². The second-order valence-corrected chi connectivity index (χ2v) is 6.29. The van der Waals surface area contributed by atoms with Crippen molar-refractivity contribution in [3.8, 4) is 11.1 Å². The van der Waals surface area contributed by atoms with Gasteiger partial charge in [-0.3, -0.25) is 4.72 Å². The molecule has 19 heavy (non-hydrogen) atoms. The smallest absolute Gasteiger partial charge is 0.263 e. The van der Waals surface area contributed by atoms with E-state index in [9.17, 15) is 13.5 Å². The van der Waals surface area contributed by atoms with E-state index in [1.165, 1.54) is 6.07 Å². The first kappa shape index (κ1) is 12.5. The van der Waals surface area contributed by atoms with E-state index in [0.717, 1.165) is 0 Å². The second-order valence-electron chi connectivity index (χ2n) is 4.26. The van der Waals surface area contributed by atoms with Crippen LogP contribution in [0.15, 0.2) is 41.3 Å². The Morgan fingerprint density at radius 1 is 1.16 bits per heavy atom. The SMILES string of the molecule is O=S1(=O)Nc2ccc(CO)cc2-c2cccc1c2Cl. The lowest BCUT2D eigenvalue weighted by Crippen LogP contribution is -2.12. The molecule has 4 nitrogen and oxygen atoms in total. The van der Waals surface area contributed by atoms with Gasteiger partial charge in [0.15, 0.2) is 0 Å². The Bertz CT molecular complexity index is 771. The molecule has 0 spiro atoms. The Hall–Kier alpha value is -1.56. The topological polar surface area (TPSA) is 66.4 Å². The highest BCUT2D eigenvalue weighted by molar-refractivity contribution is 7.92. The van der Waals surface area contributed by atoms with Crippen LogP contribution < -0.4 is 4.72 Å². The molecule has 0 atom stereocenters. The van der Waals surface area contributed by atoms with Gasteiger partial charge in [0.2, 0.25) is 0 Å². The van der Waals surface area contributed by atoms with Crippen LogP contribution in [0.25, 0.3) is 11.1 Å². The first-order valence-electron chi connectivity index (χ1n) is 5.58. The van der Waals surface area contributed by atoms with Gasteiger partial charge in [0, 0.05) is 11.1 Å². The molecule has 0 amide bonds. The van der Waals surface area contributed by atoms with Crippen molar-refractivity contribution in [3.63, 3.8) is 0 Å². The molecular formula is C13H10ClNO3S. The zero-order valence-corrected chi connectivity index (χ0v) is 11.3. The minimum absolute atomic E-state index is 0.0633. The van der Waals surface area contributed by atoms with Crippen molar-refractivity contribution in [1.82, 2.24) is 0 Å². The number of hydrogen-bond donors (Lipinski definition) is 2. The molecule has 3 rings (SSSR count). The summed E-state index contributed by atoms with van der Waals surface area (Å²) in [4.78, 5) is 0.0633. The standard InChI is InChI=1S/C13H10ClNO3S/c14-13-9-2-1-3-12(13)19(17,18)15-11-5-4-8(7-16)6-10(9)11/h1-6,15-16H,7H2. The van der Waals surface area contributed by atoms with E-state index in [2.05, 4.69) is 4.72 Å². The van der Waals surface area contributed by atoms with Gasteiger partial charge in [-0.25, -0.2) is 8.42 Å². The zero-order valence-electron chi connectivity index (χ0n) is 9.72. The van der Waals surface area contributed by atoms with Crippen LogP contribution in [-0.4, -0.2) is 13.5 Å². The molecular weight excluding hydrogens is 286 g/mol. The fraction of sp³-hybridized carbons (Fsp3) is 0.0769. The van der Waals surface area contributed by atoms with Crippen LogP contribution >= 0.6 is 11.6 Å². The Balaban J connectivity index is 2.40. The number of hydrogen-bond acceptors (Lipinski definition) is 3. The molecule has 2 bridgehead atoms. The molecule has 0 saturated heterocycles. The molecule has 0 fully saturated rings. The van der Waals surface area contributed by atoms with E-state index in [1.807, 2.05) is 0 Å². The molecule has 0 unspecified atom stereocenters. The van der Waals surface area contributed by atoms with E-state index >= 15 is 0 Å². The van der Waals surface area contributed by atoms with Crippen LogP contribution in [0.1, 0.15) is 5.56 Å². The summed E-state index contributed by atoms with van der Waals surface area (Å²) in [5.74, 6) is 0. The number of anilines is 1. The lowest BCUT2D eigenvalue weighted by molar-refractivity contribution is 0.282. The van der Waals surface area contributed by atoms with Crippen molar-refractivity contribution in [1.29, 1.82) is 0 Å². The van der Waals surface area contributed by atoms with Gasteiger partial charge in [-0.2, -0.15) is 0 Å². The summed E-state index contributed by atoms with van der Waals surface area (Å²) in [6.45, 7) is -0.114. The molecule has 1 heterocycles. The number of nitrogens with one attached hydrogen (secondary N) is 1.